The maximum absolute atomic E-state index is 11.6. The van der Waals surface area contributed by atoms with Crippen molar-refractivity contribution >= 4 is 11.9 Å². The summed E-state index contributed by atoms with van der Waals surface area (Å²) in [6, 6.07) is 10.1. The molecular formula is C19H26O5. The third-order valence-electron chi connectivity index (χ3n) is 3.46. The van der Waals surface area contributed by atoms with Gasteiger partial charge in [-0.2, -0.15) is 0 Å². The second-order valence-electron chi connectivity index (χ2n) is 5.35. The molecule has 0 spiro atoms. The first-order valence-electron chi connectivity index (χ1n) is 8.22. The molecule has 0 fully saturated rings. The van der Waals surface area contributed by atoms with Crippen LogP contribution in [-0.2, 0) is 23.8 Å². The fourth-order valence-electron chi connectivity index (χ4n) is 2.20. The Balaban J connectivity index is 2.40. The molecule has 0 radical (unpaired) electrons. The Kier molecular flexibility index (Phi) is 10.2. The largest absolute Gasteiger partial charge is 0.463 e. The summed E-state index contributed by atoms with van der Waals surface area (Å²) in [4.78, 5) is 22.9. The number of hydrogen-bond donors (Lipinski definition) is 0. The van der Waals surface area contributed by atoms with Crippen LogP contribution in [0.2, 0.25) is 0 Å². The van der Waals surface area contributed by atoms with Gasteiger partial charge >= 0.3 is 11.9 Å². The molecule has 5 nitrogen and oxygen atoms in total. The number of rotatable bonds is 11. The molecule has 0 aliphatic rings. The first-order valence-corrected chi connectivity index (χ1v) is 8.22. The van der Waals surface area contributed by atoms with Crippen molar-refractivity contribution in [3.63, 3.8) is 0 Å². The molecule has 132 valence electrons. The summed E-state index contributed by atoms with van der Waals surface area (Å²) >= 11 is 0. The van der Waals surface area contributed by atoms with Gasteiger partial charge in [0.2, 0.25) is 0 Å². The predicted octanol–water partition coefficient (Wildman–Crippen LogP) is 3.25. The van der Waals surface area contributed by atoms with Crippen molar-refractivity contribution in [1.29, 1.82) is 0 Å². The van der Waals surface area contributed by atoms with Crippen LogP contribution in [0.15, 0.2) is 42.5 Å². The summed E-state index contributed by atoms with van der Waals surface area (Å²) in [5.41, 5.74) is 1.20. The Bertz CT molecular complexity index is 510. The summed E-state index contributed by atoms with van der Waals surface area (Å²) in [7, 11) is 1.67. The van der Waals surface area contributed by atoms with Crippen molar-refractivity contribution in [2.75, 3.05) is 26.9 Å². The van der Waals surface area contributed by atoms with E-state index in [2.05, 4.69) is 12.1 Å². The lowest BCUT2D eigenvalue weighted by Gasteiger charge is -2.16. The highest BCUT2D eigenvalue weighted by Gasteiger charge is 2.12. The van der Waals surface area contributed by atoms with Crippen LogP contribution in [0.1, 0.15) is 37.7 Å². The molecule has 0 aliphatic carbocycles. The van der Waals surface area contributed by atoms with Gasteiger partial charge in [-0.25, -0.2) is 9.59 Å². The zero-order valence-corrected chi connectivity index (χ0v) is 14.4. The van der Waals surface area contributed by atoms with Crippen LogP contribution >= 0.6 is 0 Å². The number of benzene rings is 1. The van der Waals surface area contributed by atoms with E-state index in [0.29, 0.717) is 19.6 Å². The summed E-state index contributed by atoms with van der Waals surface area (Å²) in [6.07, 6.45) is 4.50. The van der Waals surface area contributed by atoms with E-state index in [-0.39, 0.29) is 12.5 Å². The van der Waals surface area contributed by atoms with E-state index < -0.39 is 11.9 Å². The third kappa shape index (κ3) is 8.48. The zero-order chi connectivity index (χ0) is 17.6. The Morgan fingerprint density at radius 3 is 2.12 bits per heavy atom. The van der Waals surface area contributed by atoms with Crippen LogP contribution in [0.5, 0.6) is 0 Å². The fraction of sp³-hybridized carbons (Fsp3) is 0.474. The standard InChI is InChI=1S/C19H26O5/c1-3-13-23-18(20)9-10-19(21)24-15-12-17(11-14-22-2)16-7-5-4-6-8-16/h4-10,17H,3,11-15H2,1-2H3/b10-9+. The Hall–Kier alpha value is -2.14. The van der Waals surface area contributed by atoms with Crippen LogP contribution < -0.4 is 0 Å². The molecule has 1 unspecified atom stereocenters. The minimum absolute atomic E-state index is 0.262. The molecule has 1 atom stereocenters. The molecule has 0 amide bonds. The van der Waals surface area contributed by atoms with E-state index in [9.17, 15) is 9.59 Å². The molecule has 0 N–H and O–H groups in total. The monoisotopic (exact) mass is 334 g/mol. The first-order chi connectivity index (χ1) is 11.7. The van der Waals surface area contributed by atoms with Crippen LogP contribution in [0.4, 0.5) is 0 Å². The van der Waals surface area contributed by atoms with Crippen LogP contribution in [0.3, 0.4) is 0 Å². The molecule has 0 aromatic heterocycles. The molecule has 0 aliphatic heterocycles. The Morgan fingerprint density at radius 1 is 0.958 bits per heavy atom. The van der Waals surface area contributed by atoms with E-state index in [1.807, 2.05) is 25.1 Å². The van der Waals surface area contributed by atoms with Gasteiger partial charge in [-0.05, 0) is 30.7 Å². The zero-order valence-electron chi connectivity index (χ0n) is 14.4. The van der Waals surface area contributed by atoms with Crippen molar-refractivity contribution in [3.05, 3.63) is 48.0 Å². The molecule has 0 heterocycles. The van der Waals surface area contributed by atoms with E-state index in [4.69, 9.17) is 14.2 Å². The van der Waals surface area contributed by atoms with Crippen molar-refractivity contribution in [3.8, 4) is 0 Å². The topological polar surface area (TPSA) is 61.8 Å². The summed E-state index contributed by atoms with van der Waals surface area (Å²) in [5.74, 6) is -0.810. The van der Waals surface area contributed by atoms with E-state index in [1.54, 1.807) is 7.11 Å². The molecule has 1 rings (SSSR count). The number of hydrogen-bond acceptors (Lipinski definition) is 5. The number of carbonyl (C=O) groups excluding carboxylic acids is 2. The predicted molar refractivity (Wildman–Crippen MR) is 91.6 cm³/mol. The molecule has 0 saturated heterocycles. The number of carbonyl (C=O) groups is 2. The lowest BCUT2D eigenvalue weighted by molar-refractivity contribution is -0.140. The van der Waals surface area contributed by atoms with Gasteiger partial charge in [-0.3, -0.25) is 0 Å². The summed E-state index contributed by atoms with van der Waals surface area (Å²) in [5, 5.41) is 0. The van der Waals surface area contributed by atoms with Gasteiger partial charge < -0.3 is 14.2 Å². The highest BCUT2D eigenvalue weighted by molar-refractivity contribution is 5.91. The normalized spacial score (nSPS) is 12.1. The van der Waals surface area contributed by atoms with E-state index in [1.165, 1.54) is 5.56 Å². The molecule has 1 aromatic carbocycles. The smallest absolute Gasteiger partial charge is 0.331 e. The number of ether oxygens (including phenoxy) is 3. The number of methoxy groups -OCH3 is 1. The second kappa shape index (κ2) is 12.3. The molecular weight excluding hydrogens is 308 g/mol. The Labute approximate surface area is 143 Å². The molecule has 0 bridgehead atoms. The minimum Gasteiger partial charge on any atom is -0.463 e. The van der Waals surface area contributed by atoms with Crippen molar-refractivity contribution in [2.45, 2.75) is 32.1 Å². The average molecular weight is 334 g/mol. The van der Waals surface area contributed by atoms with Gasteiger partial charge in [0, 0.05) is 25.9 Å². The SMILES string of the molecule is CCCOC(=O)/C=C/C(=O)OCCC(CCOC)c1ccccc1. The quantitative estimate of drug-likeness (QED) is 0.459. The van der Waals surface area contributed by atoms with Crippen molar-refractivity contribution in [2.24, 2.45) is 0 Å². The molecule has 5 heteroatoms. The summed E-state index contributed by atoms with van der Waals surface area (Å²) < 4.78 is 15.1. The van der Waals surface area contributed by atoms with Gasteiger partial charge in [0.1, 0.15) is 0 Å². The highest BCUT2D eigenvalue weighted by Crippen LogP contribution is 2.23. The third-order valence-corrected chi connectivity index (χ3v) is 3.46. The maximum Gasteiger partial charge on any atom is 0.331 e. The molecule has 24 heavy (non-hydrogen) atoms. The van der Waals surface area contributed by atoms with Gasteiger partial charge in [-0.1, -0.05) is 37.3 Å². The number of esters is 2. The van der Waals surface area contributed by atoms with Gasteiger partial charge in [0.25, 0.3) is 0 Å². The van der Waals surface area contributed by atoms with Gasteiger partial charge in [0.15, 0.2) is 0 Å². The fourth-order valence-corrected chi connectivity index (χ4v) is 2.20. The van der Waals surface area contributed by atoms with Crippen molar-refractivity contribution in [1.82, 2.24) is 0 Å². The second-order valence-corrected chi connectivity index (χ2v) is 5.35. The van der Waals surface area contributed by atoms with Gasteiger partial charge in [0.05, 0.1) is 13.2 Å². The highest BCUT2D eigenvalue weighted by atomic mass is 16.5. The minimum atomic E-state index is -0.540. The lowest BCUT2D eigenvalue weighted by Crippen LogP contribution is -2.10. The Morgan fingerprint density at radius 2 is 1.54 bits per heavy atom. The lowest BCUT2D eigenvalue weighted by atomic mass is 9.93. The molecule has 1 aromatic rings. The van der Waals surface area contributed by atoms with E-state index >= 15 is 0 Å². The molecule has 0 saturated carbocycles. The first kappa shape index (κ1) is 19.9. The van der Waals surface area contributed by atoms with Crippen LogP contribution in [0, 0.1) is 0 Å². The van der Waals surface area contributed by atoms with Crippen LogP contribution in [0.25, 0.3) is 0 Å². The van der Waals surface area contributed by atoms with E-state index in [0.717, 1.165) is 25.0 Å². The average Bonchev–Trinajstić information content (AvgIpc) is 2.61. The van der Waals surface area contributed by atoms with Crippen molar-refractivity contribution < 1.29 is 23.8 Å². The van der Waals surface area contributed by atoms with Crippen LogP contribution in [-0.4, -0.2) is 38.9 Å². The maximum atomic E-state index is 11.6. The van der Waals surface area contributed by atoms with Gasteiger partial charge in [-0.15, -0.1) is 0 Å². The summed E-state index contributed by atoms with van der Waals surface area (Å²) in [6.45, 7) is 3.18.